The van der Waals surface area contributed by atoms with Gasteiger partial charge in [-0.2, -0.15) is 13.2 Å². The molecule has 29 heavy (non-hydrogen) atoms. The van der Waals surface area contributed by atoms with Gasteiger partial charge in [0.15, 0.2) is 0 Å². The van der Waals surface area contributed by atoms with Gasteiger partial charge in [0.2, 0.25) is 10.3 Å². The summed E-state index contributed by atoms with van der Waals surface area (Å²) in [5, 5.41) is 0.935. The van der Waals surface area contributed by atoms with Crippen LogP contribution in [0.1, 0.15) is 41.0 Å². The van der Waals surface area contributed by atoms with E-state index < -0.39 is 41.6 Å². The van der Waals surface area contributed by atoms with Gasteiger partial charge in [0.05, 0.1) is 17.7 Å². The average molecular weight is 448 g/mol. The zero-order valence-electron chi connectivity index (χ0n) is 15.6. The van der Waals surface area contributed by atoms with Crippen molar-refractivity contribution in [2.24, 2.45) is 0 Å². The van der Waals surface area contributed by atoms with Crippen LogP contribution in [0.5, 0.6) is 0 Å². The topological polar surface area (TPSA) is 75.7 Å². The fourth-order valence-electron chi connectivity index (χ4n) is 2.84. The number of nitrogens with one attached hydrogen (secondary N) is 1. The van der Waals surface area contributed by atoms with E-state index in [2.05, 4.69) is 0 Å². The molecular formula is C18H19F3N2O4S2. The number of hydrogen-bond acceptors (Lipinski definition) is 6. The van der Waals surface area contributed by atoms with Gasteiger partial charge in [0.25, 0.3) is 11.8 Å². The quantitative estimate of drug-likeness (QED) is 0.510. The molecule has 2 unspecified atom stereocenters. The molecule has 0 bridgehead atoms. The van der Waals surface area contributed by atoms with Crippen molar-refractivity contribution in [2.75, 3.05) is 13.2 Å². The summed E-state index contributed by atoms with van der Waals surface area (Å²) in [6.45, 7) is 2.56. The number of amides is 3. The Balaban J connectivity index is 2.24. The Bertz CT molecular complexity index is 782. The lowest BCUT2D eigenvalue weighted by atomic mass is 10.1. The minimum atomic E-state index is -4.71. The molecule has 6 nitrogen and oxygen atoms in total. The molecule has 1 aliphatic rings. The highest BCUT2D eigenvalue weighted by Crippen LogP contribution is 2.31. The maximum atomic E-state index is 13.4. The number of nitrogens with zero attached hydrogens (tertiary/aromatic N) is 1. The van der Waals surface area contributed by atoms with Crippen LogP contribution in [0.25, 0.3) is 0 Å². The van der Waals surface area contributed by atoms with E-state index in [0.29, 0.717) is 0 Å². The number of hydrogen-bond donors (Lipinski definition) is 1. The fraction of sp³-hybridized carbons (Fsp3) is 0.444. The molecule has 0 radical (unpaired) electrons. The van der Waals surface area contributed by atoms with Crippen molar-refractivity contribution < 1.29 is 32.3 Å². The van der Waals surface area contributed by atoms with Crippen molar-refractivity contribution in [3.05, 3.63) is 35.4 Å². The van der Waals surface area contributed by atoms with Gasteiger partial charge in [-0.15, -0.1) is 0 Å². The van der Waals surface area contributed by atoms with Gasteiger partial charge < -0.3 is 10.1 Å². The monoisotopic (exact) mass is 448 g/mol. The van der Waals surface area contributed by atoms with Crippen LogP contribution in [0.4, 0.5) is 13.2 Å². The van der Waals surface area contributed by atoms with Crippen LogP contribution < -0.4 is 5.32 Å². The van der Waals surface area contributed by atoms with Crippen molar-refractivity contribution >= 4 is 46.1 Å². The second-order valence-corrected chi connectivity index (χ2v) is 8.12. The fourth-order valence-corrected chi connectivity index (χ4v) is 4.34. The molecule has 0 fully saturated rings. The predicted octanol–water partition coefficient (Wildman–Crippen LogP) is 3.16. The lowest BCUT2D eigenvalue weighted by Crippen LogP contribution is -2.48. The van der Waals surface area contributed by atoms with E-state index in [4.69, 9.17) is 17.0 Å². The number of alkyl halides is 3. The van der Waals surface area contributed by atoms with Crippen molar-refractivity contribution in [3.8, 4) is 0 Å². The smallest absolute Gasteiger partial charge is 0.408 e. The first kappa shape index (κ1) is 23.1. The van der Waals surface area contributed by atoms with Gasteiger partial charge in [-0.05, 0) is 37.7 Å². The molecule has 1 aromatic carbocycles. The molecule has 0 aliphatic carbocycles. The van der Waals surface area contributed by atoms with Crippen molar-refractivity contribution in [1.82, 2.24) is 10.2 Å². The van der Waals surface area contributed by atoms with Gasteiger partial charge in [-0.1, -0.05) is 23.9 Å². The first-order chi connectivity index (χ1) is 13.5. The number of halogens is 3. The predicted molar refractivity (Wildman–Crippen MR) is 106 cm³/mol. The Morgan fingerprint density at radius 1 is 1.24 bits per heavy atom. The summed E-state index contributed by atoms with van der Waals surface area (Å²) < 4.78 is 45.3. The molecular weight excluding hydrogens is 429 g/mol. The van der Waals surface area contributed by atoms with Crippen LogP contribution >= 0.6 is 24.0 Å². The Morgan fingerprint density at radius 2 is 1.79 bits per heavy atom. The first-order valence-corrected chi connectivity index (χ1v) is 9.95. The SMILES string of the molecule is CCOC(=S)SC(CC(NC(C)=O)C(F)(F)F)CN1C(=O)c2ccccc2C1=O. The summed E-state index contributed by atoms with van der Waals surface area (Å²) in [4.78, 5) is 37.2. The summed E-state index contributed by atoms with van der Waals surface area (Å²) in [6, 6.07) is 4.01. The Kier molecular flexibility index (Phi) is 7.64. The molecule has 0 saturated carbocycles. The molecule has 0 saturated heterocycles. The van der Waals surface area contributed by atoms with E-state index in [1.807, 2.05) is 5.32 Å². The largest absolute Gasteiger partial charge is 0.479 e. The van der Waals surface area contributed by atoms with Gasteiger partial charge in [-0.25, -0.2) is 0 Å². The number of imide groups is 1. The van der Waals surface area contributed by atoms with Crippen LogP contribution in [-0.2, 0) is 9.53 Å². The van der Waals surface area contributed by atoms with Crippen molar-refractivity contribution in [2.45, 2.75) is 37.7 Å². The van der Waals surface area contributed by atoms with Crippen LogP contribution in [0.3, 0.4) is 0 Å². The Morgan fingerprint density at radius 3 is 2.24 bits per heavy atom. The number of benzene rings is 1. The third-order valence-corrected chi connectivity index (χ3v) is 5.45. The van der Waals surface area contributed by atoms with E-state index in [1.54, 1.807) is 19.1 Å². The van der Waals surface area contributed by atoms with Gasteiger partial charge in [-0.3, -0.25) is 19.3 Å². The Labute approximate surface area is 175 Å². The standard InChI is InChI=1S/C18H19F3N2O4S2/c1-3-27-17(28)29-11(8-14(18(19,20)21)22-10(2)24)9-23-15(25)12-6-4-5-7-13(12)16(23)26/h4-7,11,14H,3,8-9H2,1-2H3,(H,22,24). The number of thiocarbonyl (C=S) groups is 1. The van der Waals surface area contributed by atoms with Gasteiger partial charge >= 0.3 is 6.18 Å². The molecule has 11 heteroatoms. The van der Waals surface area contributed by atoms with E-state index in [-0.39, 0.29) is 28.7 Å². The van der Waals surface area contributed by atoms with E-state index >= 15 is 0 Å². The minimum Gasteiger partial charge on any atom is -0.479 e. The summed E-state index contributed by atoms with van der Waals surface area (Å²) in [5.41, 5.74) is 0.394. The number of ether oxygens (including phenoxy) is 1. The van der Waals surface area contributed by atoms with E-state index in [1.165, 1.54) is 12.1 Å². The highest BCUT2D eigenvalue weighted by atomic mass is 32.2. The number of thioether (sulfide) groups is 1. The molecule has 2 atom stereocenters. The minimum absolute atomic E-state index is 0.00198. The van der Waals surface area contributed by atoms with Crippen molar-refractivity contribution in [1.29, 1.82) is 0 Å². The second kappa shape index (κ2) is 9.57. The third-order valence-electron chi connectivity index (χ3n) is 4.06. The maximum Gasteiger partial charge on any atom is 0.408 e. The van der Waals surface area contributed by atoms with E-state index in [9.17, 15) is 27.6 Å². The van der Waals surface area contributed by atoms with Crippen LogP contribution in [0.15, 0.2) is 24.3 Å². The molecule has 1 heterocycles. The normalized spacial score (nSPS) is 15.7. The number of carbonyl (C=O) groups excluding carboxylic acids is 3. The highest BCUT2D eigenvalue weighted by molar-refractivity contribution is 8.23. The Hall–Kier alpha value is -2.14. The van der Waals surface area contributed by atoms with Gasteiger partial charge in [0.1, 0.15) is 6.04 Å². The molecule has 1 aliphatic heterocycles. The van der Waals surface area contributed by atoms with Crippen LogP contribution in [-0.4, -0.2) is 57.6 Å². The summed E-state index contributed by atoms with van der Waals surface area (Å²) >= 11 is 5.84. The molecule has 1 N–H and O–H groups in total. The molecule has 158 valence electrons. The summed E-state index contributed by atoms with van der Waals surface area (Å²) in [7, 11) is 0. The number of rotatable bonds is 7. The van der Waals surface area contributed by atoms with Crippen molar-refractivity contribution in [3.63, 3.8) is 0 Å². The molecule has 3 amide bonds. The average Bonchev–Trinajstić information content (AvgIpc) is 2.85. The molecule has 0 aromatic heterocycles. The zero-order valence-corrected chi connectivity index (χ0v) is 17.2. The molecule has 0 spiro atoms. The first-order valence-electron chi connectivity index (χ1n) is 8.67. The molecule has 2 rings (SSSR count). The third kappa shape index (κ3) is 5.92. The number of carbonyl (C=O) groups is 3. The van der Waals surface area contributed by atoms with E-state index in [0.717, 1.165) is 23.6 Å². The summed E-state index contributed by atoms with van der Waals surface area (Å²) in [5.74, 6) is -2.01. The highest BCUT2D eigenvalue weighted by Gasteiger charge is 2.43. The zero-order chi connectivity index (χ0) is 21.8. The maximum absolute atomic E-state index is 13.4. The van der Waals surface area contributed by atoms with Gasteiger partial charge in [0, 0.05) is 18.7 Å². The second-order valence-electron chi connectivity index (χ2n) is 6.22. The number of fused-ring (bicyclic) bond motifs is 1. The summed E-state index contributed by atoms with van der Waals surface area (Å²) in [6.07, 6.45) is -5.30. The lowest BCUT2D eigenvalue weighted by Gasteiger charge is -2.28. The lowest BCUT2D eigenvalue weighted by molar-refractivity contribution is -0.162. The molecule has 1 aromatic rings. The van der Waals surface area contributed by atoms with Crippen LogP contribution in [0, 0.1) is 0 Å². The van der Waals surface area contributed by atoms with Crippen LogP contribution in [0.2, 0.25) is 0 Å².